The summed E-state index contributed by atoms with van der Waals surface area (Å²) in [7, 11) is 1.60. The summed E-state index contributed by atoms with van der Waals surface area (Å²) in [5.41, 5.74) is 2.67. The van der Waals surface area contributed by atoms with Gasteiger partial charge in [0, 0.05) is 10.0 Å². The predicted octanol–water partition coefficient (Wildman–Crippen LogP) is 5.64. The second-order valence-corrected chi connectivity index (χ2v) is 5.45. The van der Waals surface area contributed by atoms with Crippen molar-refractivity contribution in [2.24, 2.45) is 0 Å². The third-order valence-electron chi connectivity index (χ3n) is 2.98. The van der Waals surface area contributed by atoms with E-state index < -0.39 is 0 Å². The van der Waals surface area contributed by atoms with Crippen LogP contribution in [0.5, 0.6) is 5.75 Å². The monoisotopic (exact) mass is 314 g/mol. The van der Waals surface area contributed by atoms with E-state index in [1.54, 1.807) is 13.2 Å². The first kappa shape index (κ1) is 14.5. The van der Waals surface area contributed by atoms with Crippen LogP contribution in [-0.4, -0.2) is 7.11 Å². The van der Waals surface area contributed by atoms with Crippen LogP contribution >= 0.6 is 34.8 Å². The molecule has 1 nitrogen and oxygen atoms in total. The largest absolute Gasteiger partial charge is 0.497 e. The summed E-state index contributed by atoms with van der Waals surface area (Å²) in [4.78, 5) is 0. The Morgan fingerprint density at radius 1 is 1.05 bits per heavy atom. The van der Waals surface area contributed by atoms with Gasteiger partial charge in [-0.3, -0.25) is 0 Å². The highest BCUT2D eigenvalue weighted by Crippen LogP contribution is 2.39. The lowest BCUT2D eigenvalue weighted by atomic mass is 10.0. The minimum atomic E-state index is -0.384. The lowest BCUT2D eigenvalue weighted by Crippen LogP contribution is -1.97. The molecule has 0 saturated heterocycles. The summed E-state index contributed by atoms with van der Waals surface area (Å²) in [6.07, 6.45) is 0. The molecule has 0 fully saturated rings. The summed E-state index contributed by atoms with van der Waals surface area (Å²) in [6, 6.07) is 11.2. The van der Waals surface area contributed by atoms with Crippen LogP contribution in [0.1, 0.15) is 22.1 Å². The highest BCUT2D eigenvalue weighted by Gasteiger charge is 2.18. The molecule has 2 aromatic carbocycles. The Bertz CT molecular complexity index is 596. The number of aryl methyl sites for hydroxylation is 1. The van der Waals surface area contributed by atoms with Crippen LogP contribution in [0.3, 0.4) is 0 Å². The second kappa shape index (κ2) is 6.04. The van der Waals surface area contributed by atoms with Crippen molar-refractivity contribution < 1.29 is 4.74 Å². The zero-order valence-corrected chi connectivity index (χ0v) is 12.9. The van der Waals surface area contributed by atoms with Gasteiger partial charge in [-0.2, -0.15) is 0 Å². The van der Waals surface area contributed by atoms with E-state index in [1.165, 1.54) is 0 Å². The van der Waals surface area contributed by atoms with Gasteiger partial charge in [0.25, 0.3) is 0 Å². The molecule has 0 N–H and O–H groups in total. The van der Waals surface area contributed by atoms with E-state index in [4.69, 9.17) is 39.5 Å². The Kier molecular flexibility index (Phi) is 4.62. The minimum Gasteiger partial charge on any atom is -0.497 e. The fourth-order valence-corrected chi connectivity index (χ4v) is 2.87. The van der Waals surface area contributed by atoms with Gasteiger partial charge in [-0.15, -0.1) is 11.6 Å². The van der Waals surface area contributed by atoms with Crippen molar-refractivity contribution >= 4 is 34.8 Å². The maximum Gasteiger partial charge on any atom is 0.120 e. The van der Waals surface area contributed by atoms with Gasteiger partial charge in [0.15, 0.2) is 0 Å². The average molecular weight is 316 g/mol. The Morgan fingerprint density at radius 2 is 1.79 bits per heavy atom. The van der Waals surface area contributed by atoms with Crippen molar-refractivity contribution in [3.8, 4) is 5.75 Å². The van der Waals surface area contributed by atoms with Gasteiger partial charge in [0.1, 0.15) is 5.75 Å². The zero-order valence-electron chi connectivity index (χ0n) is 10.6. The van der Waals surface area contributed by atoms with Gasteiger partial charge < -0.3 is 4.74 Å². The molecule has 2 rings (SSSR count). The molecule has 0 saturated carbocycles. The fourth-order valence-electron chi connectivity index (χ4n) is 1.87. The first-order chi connectivity index (χ1) is 9.04. The Morgan fingerprint density at radius 3 is 2.42 bits per heavy atom. The highest BCUT2D eigenvalue weighted by molar-refractivity contribution is 6.35. The van der Waals surface area contributed by atoms with Crippen molar-refractivity contribution in [1.82, 2.24) is 0 Å². The van der Waals surface area contributed by atoms with Gasteiger partial charge in [0.2, 0.25) is 0 Å². The molecule has 1 atom stereocenters. The molecule has 100 valence electrons. The Hall–Kier alpha value is -0.890. The van der Waals surface area contributed by atoms with E-state index in [-0.39, 0.29) is 5.38 Å². The first-order valence-electron chi connectivity index (χ1n) is 5.77. The van der Waals surface area contributed by atoms with Crippen LogP contribution < -0.4 is 4.74 Å². The maximum atomic E-state index is 6.50. The molecule has 0 radical (unpaired) electrons. The van der Waals surface area contributed by atoms with E-state index in [2.05, 4.69) is 0 Å². The Balaban J connectivity index is 2.44. The highest BCUT2D eigenvalue weighted by atomic mass is 35.5. The van der Waals surface area contributed by atoms with Crippen LogP contribution in [0, 0.1) is 6.92 Å². The molecule has 0 amide bonds. The van der Waals surface area contributed by atoms with Crippen molar-refractivity contribution in [3.63, 3.8) is 0 Å². The molecule has 1 unspecified atom stereocenters. The van der Waals surface area contributed by atoms with Crippen molar-refractivity contribution in [3.05, 3.63) is 63.1 Å². The van der Waals surface area contributed by atoms with Gasteiger partial charge in [-0.1, -0.05) is 47.5 Å². The molecule has 0 aliphatic carbocycles. The molecule has 4 heteroatoms. The lowest BCUT2D eigenvalue weighted by Gasteiger charge is -2.15. The SMILES string of the molecule is COc1ccc(C(Cl)c2cccc(C)c2Cl)c(Cl)c1. The van der Waals surface area contributed by atoms with Crippen LogP contribution in [0.2, 0.25) is 10.0 Å². The number of alkyl halides is 1. The van der Waals surface area contributed by atoms with Crippen molar-refractivity contribution in [1.29, 1.82) is 0 Å². The van der Waals surface area contributed by atoms with Crippen LogP contribution in [0.15, 0.2) is 36.4 Å². The molecular weight excluding hydrogens is 303 g/mol. The van der Waals surface area contributed by atoms with E-state index in [0.29, 0.717) is 15.8 Å². The van der Waals surface area contributed by atoms with E-state index in [0.717, 1.165) is 16.7 Å². The molecule has 0 bridgehead atoms. The fraction of sp³-hybridized carbons (Fsp3) is 0.200. The second-order valence-electron chi connectivity index (χ2n) is 4.23. The quantitative estimate of drug-likeness (QED) is 0.666. The average Bonchev–Trinajstić information content (AvgIpc) is 2.41. The summed E-state index contributed by atoms with van der Waals surface area (Å²) >= 11 is 19.0. The maximum absolute atomic E-state index is 6.50. The molecule has 0 aliphatic heterocycles. The van der Waals surface area contributed by atoms with Crippen LogP contribution in [-0.2, 0) is 0 Å². The minimum absolute atomic E-state index is 0.384. The van der Waals surface area contributed by atoms with Crippen molar-refractivity contribution in [2.75, 3.05) is 7.11 Å². The molecule has 0 aromatic heterocycles. The zero-order chi connectivity index (χ0) is 14.0. The smallest absolute Gasteiger partial charge is 0.120 e. The third kappa shape index (κ3) is 3.00. The normalized spacial score (nSPS) is 12.3. The number of halogens is 3. The molecule has 0 heterocycles. The number of methoxy groups -OCH3 is 1. The summed E-state index contributed by atoms with van der Waals surface area (Å²) in [5, 5.41) is 0.858. The Labute approximate surface area is 128 Å². The number of hydrogen-bond acceptors (Lipinski definition) is 1. The molecule has 2 aromatic rings. The van der Waals surface area contributed by atoms with E-state index in [9.17, 15) is 0 Å². The summed E-state index contributed by atoms with van der Waals surface area (Å²) in [5.74, 6) is 0.702. The number of benzene rings is 2. The number of rotatable bonds is 3. The van der Waals surface area contributed by atoms with Gasteiger partial charge in [0.05, 0.1) is 12.5 Å². The topological polar surface area (TPSA) is 9.23 Å². The lowest BCUT2D eigenvalue weighted by molar-refractivity contribution is 0.414. The molecule has 0 spiro atoms. The predicted molar refractivity (Wildman–Crippen MR) is 81.9 cm³/mol. The standard InChI is InChI=1S/C15H13Cl3O/c1-9-4-3-5-12(14(9)17)15(18)11-7-6-10(19-2)8-13(11)16/h3-8,15H,1-2H3. The molecule has 19 heavy (non-hydrogen) atoms. The molecular formula is C15H13Cl3O. The number of ether oxygens (including phenoxy) is 1. The molecule has 0 aliphatic rings. The number of hydrogen-bond donors (Lipinski definition) is 0. The van der Waals surface area contributed by atoms with Crippen molar-refractivity contribution in [2.45, 2.75) is 12.3 Å². The van der Waals surface area contributed by atoms with E-state index in [1.807, 2.05) is 37.3 Å². The van der Waals surface area contributed by atoms with Gasteiger partial charge >= 0.3 is 0 Å². The summed E-state index contributed by atoms with van der Waals surface area (Å²) in [6.45, 7) is 1.95. The first-order valence-corrected chi connectivity index (χ1v) is 6.96. The van der Waals surface area contributed by atoms with Gasteiger partial charge in [-0.25, -0.2) is 0 Å². The third-order valence-corrected chi connectivity index (χ3v) is 4.29. The van der Waals surface area contributed by atoms with Crippen LogP contribution in [0.4, 0.5) is 0 Å². The summed E-state index contributed by atoms with van der Waals surface area (Å²) < 4.78 is 5.12. The van der Waals surface area contributed by atoms with E-state index >= 15 is 0 Å². The van der Waals surface area contributed by atoms with Gasteiger partial charge in [-0.05, 0) is 35.7 Å². The van der Waals surface area contributed by atoms with Crippen LogP contribution in [0.25, 0.3) is 0 Å².